The van der Waals surface area contributed by atoms with Crippen molar-refractivity contribution in [2.24, 2.45) is 0 Å². The van der Waals surface area contributed by atoms with E-state index in [9.17, 15) is 0 Å². The first kappa shape index (κ1) is 7.50. The van der Waals surface area contributed by atoms with Crippen LogP contribution >= 0.6 is 11.6 Å². The highest BCUT2D eigenvalue weighted by Crippen LogP contribution is 2.25. The lowest BCUT2D eigenvalue weighted by molar-refractivity contribution is 1.30. The number of aromatic amines is 1. The molecule has 0 aliphatic heterocycles. The summed E-state index contributed by atoms with van der Waals surface area (Å²) in [5.41, 5.74) is 8.52. The van der Waals surface area contributed by atoms with Crippen LogP contribution in [0.5, 0.6) is 0 Å². The Balaban J connectivity index is 2.88. The predicted molar refractivity (Wildman–Crippen MR) is 52.5 cm³/mol. The van der Waals surface area contributed by atoms with E-state index in [1.165, 1.54) is 0 Å². The van der Waals surface area contributed by atoms with Crippen LogP contribution in [0.25, 0.3) is 10.9 Å². The number of hydrogen-bond donors (Lipinski definition) is 2. The normalized spacial score (nSPS) is 10.8. The Kier molecular flexibility index (Phi) is 1.51. The van der Waals surface area contributed by atoms with Crippen LogP contribution < -0.4 is 5.73 Å². The van der Waals surface area contributed by atoms with Crippen LogP contribution in [-0.4, -0.2) is 4.98 Å². The van der Waals surface area contributed by atoms with E-state index in [2.05, 4.69) is 4.98 Å². The highest BCUT2D eigenvalue weighted by molar-refractivity contribution is 6.31. The van der Waals surface area contributed by atoms with Crippen molar-refractivity contribution >= 4 is 28.2 Å². The molecule has 0 amide bonds. The molecule has 2 rings (SSSR count). The number of anilines is 1. The Hall–Kier alpha value is -1.15. The first-order valence-corrected chi connectivity index (χ1v) is 4.09. The molecule has 1 aromatic heterocycles. The summed E-state index contributed by atoms with van der Waals surface area (Å²) >= 11 is 5.84. The number of rotatable bonds is 0. The summed E-state index contributed by atoms with van der Waals surface area (Å²) in [6, 6.07) is 5.67. The van der Waals surface area contributed by atoms with Gasteiger partial charge in [-0.2, -0.15) is 0 Å². The van der Waals surface area contributed by atoms with Gasteiger partial charge in [0, 0.05) is 16.1 Å². The van der Waals surface area contributed by atoms with Crippen molar-refractivity contribution in [3.63, 3.8) is 0 Å². The largest absolute Gasteiger partial charge is 0.397 e. The lowest BCUT2D eigenvalue weighted by Gasteiger charge is -1.96. The molecule has 2 aromatic rings. The van der Waals surface area contributed by atoms with Crippen LogP contribution in [0.3, 0.4) is 0 Å². The van der Waals surface area contributed by atoms with E-state index in [1.54, 1.807) is 6.07 Å². The molecule has 0 atom stereocenters. The third-order valence-electron chi connectivity index (χ3n) is 1.86. The number of H-pyrrole nitrogens is 1. The Morgan fingerprint density at radius 2 is 2.08 bits per heavy atom. The lowest BCUT2D eigenvalue weighted by atomic mass is 10.2. The van der Waals surface area contributed by atoms with Crippen molar-refractivity contribution in [1.82, 2.24) is 4.98 Å². The van der Waals surface area contributed by atoms with Crippen molar-refractivity contribution in [1.29, 1.82) is 0 Å². The van der Waals surface area contributed by atoms with Crippen LogP contribution in [0.15, 0.2) is 18.2 Å². The van der Waals surface area contributed by atoms with Crippen molar-refractivity contribution in [3.05, 3.63) is 28.9 Å². The number of halogens is 1. The Morgan fingerprint density at radius 1 is 1.33 bits per heavy atom. The van der Waals surface area contributed by atoms with Gasteiger partial charge in [0.15, 0.2) is 0 Å². The SMILES string of the molecule is Cc1cc2cc(Cl)cc(N)c2[nH]1. The maximum atomic E-state index is 5.84. The fraction of sp³-hybridized carbons (Fsp3) is 0.111. The smallest absolute Gasteiger partial charge is 0.0690 e. The summed E-state index contributed by atoms with van der Waals surface area (Å²) in [6.07, 6.45) is 0. The zero-order valence-corrected chi connectivity index (χ0v) is 7.44. The minimum Gasteiger partial charge on any atom is -0.397 e. The van der Waals surface area contributed by atoms with Crippen molar-refractivity contribution in [2.45, 2.75) is 6.92 Å². The van der Waals surface area contributed by atoms with Gasteiger partial charge in [-0.3, -0.25) is 0 Å². The third-order valence-corrected chi connectivity index (χ3v) is 2.08. The number of benzene rings is 1. The summed E-state index contributed by atoms with van der Waals surface area (Å²) in [7, 11) is 0. The molecule has 0 radical (unpaired) electrons. The summed E-state index contributed by atoms with van der Waals surface area (Å²) in [6.45, 7) is 1.99. The van der Waals surface area contributed by atoms with E-state index in [-0.39, 0.29) is 0 Å². The second-order valence-corrected chi connectivity index (χ2v) is 3.35. The third kappa shape index (κ3) is 1.04. The number of nitrogens with two attached hydrogens (primary N) is 1. The van der Waals surface area contributed by atoms with Gasteiger partial charge in [0.05, 0.1) is 11.2 Å². The van der Waals surface area contributed by atoms with E-state index in [0.29, 0.717) is 10.7 Å². The van der Waals surface area contributed by atoms with Gasteiger partial charge in [0.1, 0.15) is 0 Å². The molecule has 0 bridgehead atoms. The topological polar surface area (TPSA) is 41.8 Å². The number of nitrogen functional groups attached to an aromatic ring is 1. The average Bonchev–Trinajstić information content (AvgIpc) is 2.29. The van der Waals surface area contributed by atoms with Crippen LogP contribution in [0.4, 0.5) is 5.69 Å². The molecular weight excluding hydrogens is 172 g/mol. The van der Waals surface area contributed by atoms with Crippen molar-refractivity contribution < 1.29 is 0 Å². The quantitative estimate of drug-likeness (QED) is 0.602. The van der Waals surface area contributed by atoms with Gasteiger partial charge in [0.25, 0.3) is 0 Å². The van der Waals surface area contributed by atoms with Crippen molar-refractivity contribution in [3.8, 4) is 0 Å². The van der Waals surface area contributed by atoms with Crippen molar-refractivity contribution in [2.75, 3.05) is 5.73 Å². The molecule has 0 spiro atoms. The lowest BCUT2D eigenvalue weighted by Crippen LogP contribution is -1.85. The molecule has 3 heteroatoms. The standard InChI is InChI=1S/C9H9ClN2/c1-5-2-6-3-7(10)4-8(11)9(6)12-5/h2-4,12H,11H2,1H3. The fourth-order valence-electron chi connectivity index (χ4n) is 1.37. The van der Waals surface area contributed by atoms with Gasteiger partial charge in [-0.1, -0.05) is 11.6 Å². The molecule has 0 aliphatic carbocycles. The van der Waals surface area contributed by atoms with Crippen LogP contribution in [0.1, 0.15) is 5.69 Å². The highest BCUT2D eigenvalue weighted by Gasteiger charge is 2.02. The molecule has 0 saturated carbocycles. The molecule has 3 N–H and O–H groups in total. The number of fused-ring (bicyclic) bond motifs is 1. The molecule has 2 nitrogen and oxygen atoms in total. The minimum atomic E-state index is 0.680. The van der Waals surface area contributed by atoms with E-state index < -0.39 is 0 Å². The molecule has 12 heavy (non-hydrogen) atoms. The van der Waals surface area contributed by atoms with Gasteiger partial charge in [-0.15, -0.1) is 0 Å². The molecule has 1 heterocycles. The van der Waals surface area contributed by atoms with Gasteiger partial charge in [-0.05, 0) is 25.1 Å². The maximum Gasteiger partial charge on any atom is 0.0690 e. The monoisotopic (exact) mass is 180 g/mol. The highest BCUT2D eigenvalue weighted by atomic mass is 35.5. The van der Waals surface area contributed by atoms with Gasteiger partial charge < -0.3 is 10.7 Å². The zero-order valence-electron chi connectivity index (χ0n) is 6.69. The summed E-state index contributed by atoms with van der Waals surface area (Å²) in [4.78, 5) is 3.17. The average molecular weight is 181 g/mol. The number of aryl methyl sites for hydroxylation is 1. The maximum absolute atomic E-state index is 5.84. The molecule has 1 aromatic carbocycles. The number of nitrogens with one attached hydrogen (secondary N) is 1. The minimum absolute atomic E-state index is 0.680. The van der Waals surface area contributed by atoms with E-state index in [1.807, 2.05) is 19.1 Å². The predicted octanol–water partition coefficient (Wildman–Crippen LogP) is 2.71. The van der Waals surface area contributed by atoms with Crippen LogP contribution in [-0.2, 0) is 0 Å². The van der Waals surface area contributed by atoms with E-state index >= 15 is 0 Å². The molecule has 0 saturated heterocycles. The van der Waals surface area contributed by atoms with E-state index in [0.717, 1.165) is 16.6 Å². The van der Waals surface area contributed by atoms with Gasteiger partial charge in [-0.25, -0.2) is 0 Å². The molecular formula is C9H9ClN2. The fourth-order valence-corrected chi connectivity index (χ4v) is 1.61. The first-order valence-electron chi connectivity index (χ1n) is 3.71. The Morgan fingerprint density at radius 3 is 2.83 bits per heavy atom. The first-order chi connectivity index (χ1) is 5.66. The summed E-state index contributed by atoms with van der Waals surface area (Å²) < 4.78 is 0. The second-order valence-electron chi connectivity index (χ2n) is 2.91. The molecule has 0 fully saturated rings. The van der Waals surface area contributed by atoms with Crippen LogP contribution in [0.2, 0.25) is 5.02 Å². The van der Waals surface area contributed by atoms with Gasteiger partial charge >= 0.3 is 0 Å². The number of aromatic nitrogens is 1. The second kappa shape index (κ2) is 2.42. The molecule has 0 aliphatic rings. The van der Waals surface area contributed by atoms with E-state index in [4.69, 9.17) is 17.3 Å². The van der Waals surface area contributed by atoms with Gasteiger partial charge in [0.2, 0.25) is 0 Å². The molecule has 0 unspecified atom stereocenters. The zero-order chi connectivity index (χ0) is 8.72. The summed E-state index contributed by atoms with van der Waals surface area (Å²) in [5.74, 6) is 0. The molecule has 62 valence electrons. The van der Waals surface area contributed by atoms with Crippen LogP contribution in [0, 0.1) is 6.92 Å². The summed E-state index contributed by atoms with van der Waals surface area (Å²) in [5, 5.41) is 1.75. The number of hydrogen-bond acceptors (Lipinski definition) is 1. The Bertz CT molecular complexity index is 431. The Labute approximate surface area is 75.3 Å².